The second-order valence-electron chi connectivity index (χ2n) is 11.4. The molecule has 4 heterocycles. The van der Waals surface area contributed by atoms with E-state index in [2.05, 4.69) is 21.9 Å². The van der Waals surface area contributed by atoms with Crippen molar-refractivity contribution in [1.82, 2.24) is 9.80 Å². The van der Waals surface area contributed by atoms with Crippen LogP contribution in [0.2, 0.25) is 0 Å². The monoisotopic (exact) mass is 611 g/mol. The molecule has 12 heteroatoms. The molecule has 0 radical (unpaired) electrons. The number of esters is 1. The summed E-state index contributed by atoms with van der Waals surface area (Å²) in [4.78, 5) is 16.6. The van der Waals surface area contributed by atoms with Crippen LogP contribution in [0.15, 0.2) is 6.07 Å². The molecule has 0 saturated carbocycles. The maximum absolute atomic E-state index is 12.3. The molecule has 2 aromatic rings. The molecule has 2 aromatic carbocycles. The lowest BCUT2D eigenvalue weighted by Crippen LogP contribution is -2.68. The minimum absolute atomic E-state index is 0.0239. The zero-order valence-electron chi connectivity index (χ0n) is 26.3. The average Bonchev–Trinajstić information content (AvgIpc) is 3.48. The number of piperazine rings is 1. The van der Waals surface area contributed by atoms with Gasteiger partial charge in [-0.3, -0.25) is 14.6 Å². The molecule has 12 nitrogen and oxygen atoms in total. The maximum Gasteiger partial charge on any atom is 0.308 e. The number of aryl methyl sites for hydroxylation is 1. The third kappa shape index (κ3) is 4.93. The Balaban J connectivity index is 0.00000123. The van der Waals surface area contributed by atoms with Gasteiger partial charge in [-0.1, -0.05) is 6.07 Å². The fourth-order valence-electron chi connectivity index (χ4n) is 7.53. The third-order valence-electron chi connectivity index (χ3n) is 8.99. The van der Waals surface area contributed by atoms with Crippen LogP contribution in [0.5, 0.6) is 28.7 Å². The molecule has 0 aliphatic carbocycles. The second kappa shape index (κ2) is 12.8. The summed E-state index contributed by atoms with van der Waals surface area (Å²) in [5, 5.41) is 29.1. The van der Waals surface area contributed by atoms with Gasteiger partial charge in [0.05, 0.1) is 31.9 Å². The number of carbonyl (C=O) groups excluding carboxylic acids is 1. The van der Waals surface area contributed by atoms with Crippen molar-refractivity contribution in [2.45, 2.75) is 70.7 Å². The second-order valence-corrected chi connectivity index (χ2v) is 11.4. The van der Waals surface area contributed by atoms with Gasteiger partial charge in [0.15, 0.2) is 29.8 Å². The number of carbonyl (C=O) groups is 1. The molecule has 5 atom stereocenters. The first-order valence-electron chi connectivity index (χ1n) is 14.7. The molecule has 2 bridgehead atoms. The number of hydrogen-bond donors (Lipinski definition) is 2. The zero-order chi connectivity index (χ0) is 31.9. The third-order valence-corrected chi connectivity index (χ3v) is 8.99. The molecule has 4 aliphatic rings. The molecule has 6 rings (SSSR count). The molecule has 238 valence electrons. The molecule has 1 saturated heterocycles. The van der Waals surface area contributed by atoms with Crippen LogP contribution >= 0.6 is 0 Å². The number of hydrogen-bond acceptors (Lipinski definition) is 12. The highest BCUT2D eigenvalue weighted by Gasteiger charge is 2.56. The SMILES string of the molecule is CCO.COCOc1c(OC)c(C)cc2c1[C@@H]1[C@@H]3Cc4c(OC(C)=O)c(C)c5c(c4[C@H](CO)N3[C@@H](C#N)[C@H](C2)N1C)OCO5. The van der Waals surface area contributed by atoms with E-state index >= 15 is 0 Å². The van der Waals surface area contributed by atoms with E-state index in [0.29, 0.717) is 52.7 Å². The Labute approximate surface area is 257 Å². The van der Waals surface area contributed by atoms with Gasteiger partial charge in [0.1, 0.15) is 11.8 Å². The van der Waals surface area contributed by atoms with E-state index in [1.807, 2.05) is 20.9 Å². The number of rotatable bonds is 6. The van der Waals surface area contributed by atoms with Gasteiger partial charge in [-0.2, -0.15) is 5.26 Å². The first-order chi connectivity index (χ1) is 21.2. The van der Waals surface area contributed by atoms with Crippen molar-refractivity contribution in [3.8, 4) is 34.8 Å². The van der Waals surface area contributed by atoms with Crippen molar-refractivity contribution >= 4 is 5.97 Å². The molecule has 1 fully saturated rings. The Morgan fingerprint density at radius 2 is 1.80 bits per heavy atom. The summed E-state index contributed by atoms with van der Waals surface area (Å²) in [7, 11) is 5.23. The van der Waals surface area contributed by atoms with Crippen LogP contribution in [0.4, 0.5) is 0 Å². The Bertz CT molecular complexity index is 1470. The largest absolute Gasteiger partial charge is 0.493 e. The molecule has 0 aromatic heterocycles. The molecule has 2 N–H and O–H groups in total. The van der Waals surface area contributed by atoms with Crippen LogP contribution in [-0.2, 0) is 22.4 Å². The van der Waals surface area contributed by atoms with Gasteiger partial charge >= 0.3 is 5.97 Å². The van der Waals surface area contributed by atoms with Crippen molar-refractivity contribution in [1.29, 1.82) is 5.26 Å². The van der Waals surface area contributed by atoms with Crippen LogP contribution < -0.4 is 23.7 Å². The predicted molar refractivity (Wildman–Crippen MR) is 158 cm³/mol. The highest BCUT2D eigenvalue weighted by Crippen LogP contribution is 2.58. The number of ether oxygens (including phenoxy) is 6. The normalized spacial score (nSPS) is 24.6. The van der Waals surface area contributed by atoms with Crippen LogP contribution in [0, 0.1) is 25.2 Å². The molecular weight excluding hydrogens is 570 g/mol. The lowest BCUT2D eigenvalue weighted by molar-refractivity contribution is -0.132. The van der Waals surface area contributed by atoms with Gasteiger partial charge < -0.3 is 38.6 Å². The van der Waals surface area contributed by atoms with E-state index in [-0.39, 0.29) is 44.9 Å². The first kappa shape index (κ1) is 31.8. The lowest BCUT2D eigenvalue weighted by Gasteiger charge is -2.59. The van der Waals surface area contributed by atoms with Gasteiger partial charge in [0.2, 0.25) is 6.79 Å². The summed E-state index contributed by atoms with van der Waals surface area (Å²) in [5.41, 5.74) is 5.15. The van der Waals surface area contributed by atoms with Gasteiger partial charge in [0, 0.05) is 55.0 Å². The maximum atomic E-state index is 12.3. The molecule has 4 aliphatic heterocycles. The van der Waals surface area contributed by atoms with Crippen LogP contribution in [0.3, 0.4) is 0 Å². The summed E-state index contributed by atoms with van der Waals surface area (Å²) in [6.07, 6.45) is 1.05. The van der Waals surface area contributed by atoms with Crippen molar-refractivity contribution in [3.63, 3.8) is 0 Å². The van der Waals surface area contributed by atoms with Crippen molar-refractivity contribution in [2.24, 2.45) is 0 Å². The number of aliphatic hydroxyl groups excluding tert-OH is 2. The van der Waals surface area contributed by atoms with Crippen LogP contribution in [-0.4, -0.2) is 92.2 Å². The number of aliphatic hydroxyl groups is 2. The molecule has 44 heavy (non-hydrogen) atoms. The Kier molecular flexibility index (Phi) is 9.25. The predicted octanol–water partition coefficient (Wildman–Crippen LogP) is 2.71. The van der Waals surface area contributed by atoms with Gasteiger partial charge in [-0.05, 0) is 51.8 Å². The lowest BCUT2D eigenvalue weighted by atomic mass is 9.71. The molecule has 0 unspecified atom stereocenters. The zero-order valence-corrected chi connectivity index (χ0v) is 26.3. The van der Waals surface area contributed by atoms with Crippen molar-refractivity contribution in [3.05, 3.63) is 39.4 Å². The van der Waals surface area contributed by atoms with E-state index in [1.54, 1.807) is 21.1 Å². The summed E-state index contributed by atoms with van der Waals surface area (Å²) in [5.74, 6) is 2.25. The van der Waals surface area contributed by atoms with E-state index < -0.39 is 18.1 Å². The summed E-state index contributed by atoms with van der Waals surface area (Å²) in [6, 6.07) is 2.92. The van der Waals surface area contributed by atoms with Crippen LogP contribution in [0.25, 0.3) is 0 Å². The van der Waals surface area contributed by atoms with Crippen LogP contribution in [0.1, 0.15) is 59.3 Å². The molecular formula is C32H41N3O9. The van der Waals surface area contributed by atoms with E-state index in [1.165, 1.54) is 6.92 Å². The van der Waals surface area contributed by atoms with E-state index in [0.717, 1.165) is 22.3 Å². The Morgan fingerprint density at radius 3 is 2.41 bits per heavy atom. The standard InChI is InChI=1S/C30H35N3O8.C2H6O/c1-14-7-17-8-19-21(10-31)33-20(25(32(19)4)23(17)29(26(14)37-6)38-12-36-5)9-18-24(22(33)11-34)30-28(39-13-40-30)15(2)27(18)41-16(3)35;1-2-3/h7,19-22,25,34H,8-9,11-13H2,1-6H3;3H,2H2,1H3/t19-,20-,21-,22-,25-;/m0./s1. The minimum atomic E-state index is -0.588. The van der Waals surface area contributed by atoms with E-state index in [9.17, 15) is 15.2 Å². The van der Waals surface area contributed by atoms with Gasteiger partial charge in [-0.15, -0.1) is 0 Å². The average molecular weight is 612 g/mol. The minimum Gasteiger partial charge on any atom is -0.493 e. The summed E-state index contributed by atoms with van der Waals surface area (Å²) < 4.78 is 34.9. The smallest absolute Gasteiger partial charge is 0.308 e. The number of nitrogens with zero attached hydrogens (tertiary/aromatic N) is 3. The number of fused-ring (bicyclic) bond motifs is 9. The molecule has 0 amide bonds. The van der Waals surface area contributed by atoms with Crippen molar-refractivity contribution in [2.75, 3.05) is 48.1 Å². The fourth-order valence-corrected chi connectivity index (χ4v) is 7.53. The molecule has 0 spiro atoms. The van der Waals surface area contributed by atoms with Gasteiger partial charge in [0.25, 0.3) is 0 Å². The highest BCUT2D eigenvalue weighted by molar-refractivity contribution is 5.74. The number of methoxy groups -OCH3 is 2. The highest BCUT2D eigenvalue weighted by atomic mass is 16.7. The topological polar surface area (TPSA) is 143 Å². The Hall–Kier alpha value is -3.60. The summed E-state index contributed by atoms with van der Waals surface area (Å²) >= 11 is 0. The number of likely N-dealkylation sites (N-methyl/N-ethyl adjacent to an activating group) is 1. The first-order valence-corrected chi connectivity index (χ1v) is 14.7. The van der Waals surface area contributed by atoms with E-state index in [4.69, 9.17) is 33.5 Å². The van der Waals surface area contributed by atoms with Gasteiger partial charge in [-0.25, -0.2) is 0 Å². The summed E-state index contributed by atoms with van der Waals surface area (Å²) in [6.45, 7) is 6.93. The fraction of sp³-hybridized carbons (Fsp3) is 0.562. The quantitative estimate of drug-likeness (QED) is 0.282. The number of benzene rings is 2. The Morgan fingerprint density at radius 1 is 1.09 bits per heavy atom. The number of nitriles is 1. The van der Waals surface area contributed by atoms with Crippen molar-refractivity contribution < 1.29 is 43.4 Å².